The number of carbonyl (C=O) groups is 2. The standard InChI is InChI=1S/C11H15N3O2/c1-7(2)5-10(15)14-9-4-3-8(6-13-9)11(12)16/h3-4,6-7H,5H2,1-2H3,(H2,12,16)(H,13,14,15). The molecular weight excluding hydrogens is 206 g/mol. The zero-order chi connectivity index (χ0) is 12.1. The lowest BCUT2D eigenvalue weighted by molar-refractivity contribution is -0.116. The summed E-state index contributed by atoms with van der Waals surface area (Å²) in [5.41, 5.74) is 5.39. The van der Waals surface area contributed by atoms with Crippen LogP contribution in [0, 0.1) is 5.92 Å². The highest BCUT2D eigenvalue weighted by Crippen LogP contribution is 2.07. The summed E-state index contributed by atoms with van der Waals surface area (Å²) in [7, 11) is 0. The number of rotatable bonds is 4. The molecule has 0 spiro atoms. The predicted molar refractivity (Wildman–Crippen MR) is 60.8 cm³/mol. The Bertz CT molecular complexity index is 385. The number of primary amides is 1. The van der Waals surface area contributed by atoms with E-state index in [9.17, 15) is 9.59 Å². The van der Waals surface area contributed by atoms with Gasteiger partial charge in [-0.3, -0.25) is 9.59 Å². The molecule has 0 aliphatic heterocycles. The van der Waals surface area contributed by atoms with Crippen molar-refractivity contribution in [2.45, 2.75) is 20.3 Å². The summed E-state index contributed by atoms with van der Waals surface area (Å²) in [5.74, 6) is 0.0995. The third-order valence-electron chi connectivity index (χ3n) is 1.91. The molecule has 0 aliphatic carbocycles. The van der Waals surface area contributed by atoms with Crippen molar-refractivity contribution in [3.05, 3.63) is 23.9 Å². The zero-order valence-corrected chi connectivity index (χ0v) is 9.36. The number of pyridine rings is 1. The van der Waals surface area contributed by atoms with Gasteiger partial charge in [0, 0.05) is 12.6 Å². The first-order chi connectivity index (χ1) is 7.49. The summed E-state index contributed by atoms with van der Waals surface area (Å²) in [6.45, 7) is 3.92. The Labute approximate surface area is 94.1 Å². The van der Waals surface area contributed by atoms with Crippen LogP contribution in [0.2, 0.25) is 0 Å². The molecule has 86 valence electrons. The predicted octanol–water partition coefficient (Wildman–Crippen LogP) is 1.17. The first-order valence-corrected chi connectivity index (χ1v) is 5.04. The van der Waals surface area contributed by atoms with Gasteiger partial charge >= 0.3 is 0 Å². The molecule has 1 heterocycles. The van der Waals surface area contributed by atoms with Crippen LogP contribution < -0.4 is 11.1 Å². The van der Waals surface area contributed by atoms with Crippen molar-refractivity contribution >= 4 is 17.6 Å². The van der Waals surface area contributed by atoms with Gasteiger partial charge in [0.1, 0.15) is 5.82 Å². The fraction of sp³-hybridized carbons (Fsp3) is 0.364. The Hall–Kier alpha value is -1.91. The molecule has 3 N–H and O–H groups in total. The molecule has 0 saturated carbocycles. The number of nitrogens with zero attached hydrogens (tertiary/aromatic N) is 1. The summed E-state index contributed by atoms with van der Waals surface area (Å²) in [6, 6.07) is 3.08. The first kappa shape index (κ1) is 12.2. The zero-order valence-electron chi connectivity index (χ0n) is 9.36. The minimum atomic E-state index is -0.535. The fourth-order valence-corrected chi connectivity index (χ4v) is 1.18. The molecule has 0 radical (unpaired) electrons. The molecule has 1 aromatic rings. The Kier molecular flexibility index (Phi) is 3.99. The van der Waals surface area contributed by atoms with Crippen molar-refractivity contribution < 1.29 is 9.59 Å². The Morgan fingerprint density at radius 2 is 2.12 bits per heavy atom. The smallest absolute Gasteiger partial charge is 0.250 e. The van der Waals surface area contributed by atoms with Gasteiger partial charge in [-0.05, 0) is 18.1 Å². The van der Waals surface area contributed by atoms with Gasteiger partial charge in [-0.2, -0.15) is 0 Å². The molecule has 5 nitrogen and oxygen atoms in total. The van der Waals surface area contributed by atoms with E-state index < -0.39 is 5.91 Å². The summed E-state index contributed by atoms with van der Waals surface area (Å²) in [4.78, 5) is 26.1. The lowest BCUT2D eigenvalue weighted by atomic mass is 10.1. The minimum Gasteiger partial charge on any atom is -0.366 e. The van der Waals surface area contributed by atoms with Crippen molar-refractivity contribution in [1.29, 1.82) is 0 Å². The average molecular weight is 221 g/mol. The molecule has 0 bridgehead atoms. The first-order valence-electron chi connectivity index (χ1n) is 5.04. The second kappa shape index (κ2) is 5.25. The minimum absolute atomic E-state index is 0.0886. The average Bonchev–Trinajstić information content (AvgIpc) is 2.16. The molecule has 0 saturated heterocycles. The van der Waals surface area contributed by atoms with Gasteiger partial charge in [0.15, 0.2) is 0 Å². The molecule has 0 aliphatic rings. The monoisotopic (exact) mass is 221 g/mol. The van der Waals surface area contributed by atoms with E-state index in [4.69, 9.17) is 5.73 Å². The summed E-state index contributed by atoms with van der Waals surface area (Å²) in [5, 5.41) is 2.64. The molecule has 1 rings (SSSR count). The summed E-state index contributed by atoms with van der Waals surface area (Å²) < 4.78 is 0. The topological polar surface area (TPSA) is 85.1 Å². The molecule has 1 aromatic heterocycles. The Morgan fingerprint density at radius 1 is 1.44 bits per heavy atom. The molecule has 0 atom stereocenters. The van der Waals surface area contributed by atoms with Crippen LogP contribution in [-0.4, -0.2) is 16.8 Å². The lowest BCUT2D eigenvalue weighted by Crippen LogP contribution is -2.15. The van der Waals surface area contributed by atoms with Crippen LogP contribution in [0.5, 0.6) is 0 Å². The van der Waals surface area contributed by atoms with Crippen molar-refractivity contribution in [3.8, 4) is 0 Å². The molecule has 0 fully saturated rings. The SMILES string of the molecule is CC(C)CC(=O)Nc1ccc(C(N)=O)cn1. The van der Waals surface area contributed by atoms with E-state index in [-0.39, 0.29) is 5.91 Å². The number of hydrogen-bond donors (Lipinski definition) is 2. The highest BCUT2D eigenvalue weighted by Gasteiger charge is 2.06. The summed E-state index contributed by atoms with van der Waals surface area (Å²) >= 11 is 0. The van der Waals surface area contributed by atoms with Crippen LogP contribution in [-0.2, 0) is 4.79 Å². The van der Waals surface area contributed by atoms with Crippen molar-refractivity contribution in [1.82, 2.24) is 4.98 Å². The maximum absolute atomic E-state index is 11.4. The Morgan fingerprint density at radius 3 is 2.56 bits per heavy atom. The van der Waals surface area contributed by atoms with E-state index in [2.05, 4.69) is 10.3 Å². The number of anilines is 1. The molecule has 5 heteroatoms. The van der Waals surface area contributed by atoms with Gasteiger partial charge < -0.3 is 11.1 Å². The summed E-state index contributed by atoms with van der Waals surface area (Å²) in [6.07, 6.45) is 1.78. The number of hydrogen-bond acceptors (Lipinski definition) is 3. The number of carbonyl (C=O) groups excluding carboxylic acids is 2. The van der Waals surface area contributed by atoms with Crippen LogP contribution in [0.4, 0.5) is 5.82 Å². The number of amides is 2. The fourth-order valence-electron chi connectivity index (χ4n) is 1.18. The van der Waals surface area contributed by atoms with E-state index in [1.54, 1.807) is 6.07 Å². The van der Waals surface area contributed by atoms with Crippen LogP contribution in [0.25, 0.3) is 0 Å². The Balaban J connectivity index is 2.62. The van der Waals surface area contributed by atoms with E-state index >= 15 is 0 Å². The maximum atomic E-state index is 11.4. The molecule has 0 unspecified atom stereocenters. The van der Waals surface area contributed by atoms with Gasteiger partial charge in [0.25, 0.3) is 0 Å². The number of nitrogens with one attached hydrogen (secondary N) is 1. The molecule has 0 aromatic carbocycles. The normalized spacial score (nSPS) is 10.2. The van der Waals surface area contributed by atoms with Crippen molar-refractivity contribution in [2.75, 3.05) is 5.32 Å². The van der Waals surface area contributed by atoms with Gasteiger partial charge in [-0.15, -0.1) is 0 Å². The second-order valence-corrected chi connectivity index (χ2v) is 3.94. The van der Waals surface area contributed by atoms with Crippen molar-refractivity contribution in [2.24, 2.45) is 11.7 Å². The third kappa shape index (κ3) is 3.68. The molecule has 16 heavy (non-hydrogen) atoms. The molecule has 2 amide bonds. The van der Waals surface area contributed by atoms with Crippen molar-refractivity contribution in [3.63, 3.8) is 0 Å². The molecular formula is C11H15N3O2. The van der Waals surface area contributed by atoms with Crippen LogP contribution >= 0.6 is 0 Å². The van der Waals surface area contributed by atoms with E-state index in [1.165, 1.54) is 12.3 Å². The van der Waals surface area contributed by atoms with Gasteiger partial charge in [0.2, 0.25) is 11.8 Å². The highest BCUT2D eigenvalue weighted by molar-refractivity contribution is 5.93. The van der Waals surface area contributed by atoms with Crippen LogP contribution in [0.15, 0.2) is 18.3 Å². The van der Waals surface area contributed by atoms with Gasteiger partial charge in [-0.1, -0.05) is 13.8 Å². The lowest BCUT2D eigenvalue weighted by Gasteiger charge is -2.06. The van der Waals surface area contributed by atoms with E-state index in [0.29, 0.717) is 23.7 Å². The van der Waals surface area contributed by atoms with E-state index in [0.717, 1.165) is 0 Å². The maximum Gasteiger partial charge on any atom is 0.250 e. The largest absolute Gasteiger partial charge is 0.366 e. The number of aromatic nitrogens is 1. The van der Waals surface area contributed by atoms with Gasteiger partial charge in [0.05, 0.1) is 5.56 Å². The second-order valence-electron chi connectivity index (χ2n) is 3.94. The van der Waals surface area contributed by atoms with Crippen LogP contribution in [0.1, 0.15) is 30.6 Å². The van der Waals surface area contributed by atoms with Crippen LogP contribution in [0.3, 0.4) is 0 Å². The number of nitrogens with two attached hydrogens (primary N) is 1. The third-order valence-corrected chi connectivity index (χ3v) is 1.91. The quantitative estimate of drug-likeness (QED) is 0.800. The van der Waals surface area contributed by atoms with E-state index in [1.807, 2.05) is 13.8 Å². The highest BCUT2D eigenvalue weighted by atomic mass is 16.2. The van der Waals surface area contributed by atoms with Gasteiger partial charge in [-0.25, -0.2) is 4.98 Å².